The molecule has 88 valence electrons. The van der Waals surface area contributed by atoms with E-state index in [9.17, 15) is 14.9 Å². The largest absolute Gasteiger partial charge is 0.480 e. The maximum atomic E-state index is 10.7. The highest BCUT2D eigenvalue weighted by atomic mass is 16.6. The Morgan fingerprint density at radius 1 is 1.65 bits per heavy atom. The van der Waals surface area contributed by atoms with Crippen LogP contribution < -0.4 is 5.73 Å². The molecule has 0 heterocycles. The topological polar surface area (TPSA) is 130 Å². The fraction of sp³-hybridized carbons (Fsp3) is 0.200. The summed E-state index contributed by atoms with van der Waals surface area (Å²) in [5.41, 5.74) is 5.35. The zero-order chi connectivity index (χ0) is 13.0. The second-order valence-electron chi connectivity index (χ2n) is 3.36. The van der Waals surface area contributed by atoms with Crippen molar-refractivity contribution in [2.45, 2.75) is 12.5 Å². The monoisotopic (exact) mass is 235 g/mol. The average molecular weight is 235 g/mol. The van der Waals surface area contributed by atoms with Crippen molar-refractivity contribution < 1.29 is 14.8 Å². The lowest BCUT2D eigenvalue weighted by atomic mass is 10.0. The van der Waals surface area contributed by atoms with Gasteiger partial charge in [0.25, 0.3) is 5.69 Å². The molecule has 17 heavy (non-hydrogen) atoms. The number of hydrogen-bond donors (Lipinski definition) is 2. The molecule has 3 N–H and O–H groups in total. The van der Waals surface area contributed by atoms with E-state index in [1.165, 1.54) is 12.1 Å². The molecule has 0 radical (unpaired) electrons. The van der Waals surface area contributed by atoms with Gasteiger partial charge in [-0.2, -0.15) is 5.26 Å². The molecule has 0 aliphatic carbocycles. The predicted molar refractivity (Wildman–Crippen MR) is 57.1 cm³/mol. The van der Waals surface area contributed by atoms with E-state index in [4.69, 9.17) is 16.1 Å². The predicted octanol–water partition coefficient (Wildman–Crippen LogP) is 0.421. The molecular weight excluding hydrogens is 226 g/mol. The van der Waals surface area contributed by atoms with Gasteiger partial charge < -0.3 is 10.8 Å². The summed E-state index contributed by atoms with van der Waals surface area (Å²) >= 11 is 0. The molecule has 0 aliphatic rings. The molecule has 7 nitrogen and oxygen atoms in total. The van der Waals surface area contributed by atoms with Crippen LogP contribution in [0.3, 0.4) is 0 Å². The first-order valence-corrected chi connectivity index (χ1v) is 4.61. The molecule has 1 unspecified atom stereocenters. The Morgan fingerprint density at radius 3 is 2.76 bits per heavy atom. The summed E-state index contributed by atoms with van der Waals surface area (Å²) in [7, 11) is 0. The van der Waals surface area contributed by atoms with Crippen LogP contribution in [-0.2, 0) is 11.2 Å². The maximum absolute atomic E-state index is 10.7. The van der Waals surface area contributed by atoms with Crippen LogP contribution in [0.25, 0.3) is 0 Å². The third-order valence-electron chi connectivity index (χ3n) is 2.17. The number of rotatable bonds is 4. The maximum Gasteiger partial charge on any atom is 0.320 e. The van der Waals surface area contributed by atoms with Gasteiger partial charge in [-0.25, -0.2) is 0 Å². The van der Waals surface area contributed by atoms with E-state index in [0.29, 0.717) is 0 Å². The van der Waals surface area contributed by atoms with Crippen LogP contribution in [0.4, 0.5) is 5.69 Å². The van der Waals surface area contributed by atoms with E-state index >= 15 is 0 Å². The van der Waals surface area contributed by atoms with Crippen molar-refractivity contribution in [2.75, 3.05) is 0 Å². The van der Waals surface area contributed by atoms with Crippen LogP contribution in [-0.4, -0.2) is 22.0 Å². The van der Waals surface area contributed by atoms with E-state index in [0.717, 1.165) is 6.07 Å². The van der Waals surface area contributed by atoms with Gasteiger partial charge in [0.1, 0.15) is 6.04 Å². The molecule has 7 heteroatoms. The van der Waals surface area contributed by atoms with Crippen molar-refractivity contribution >= 4 is 11.7 Å². The number of nitro groups is 1. The number of nitriles is 1. The van der Waals surface area contributed by atoms with Gasteiger partial charge in [0.15, 0.2) is 0 Å². The fourth-order valence-electron chi connectivity index (χ4n) is 1.30. The normalized spacial score (nSPS) is 11.5. The van der Waals surface area contributed by atoms with Crippen molar-refractivity contribution in [3.05, 3.63) is 39.4 Å². The van der Waals surface area contributed by atoms with Gasteiger partial charge in [-0.1, -0.05) is 6.07 Å². The third kappa shape index (κ3) is 2.99. The molecule has 1 aromatic carbocycles. The second kappa shape index (κ2) is 5.05. The van der Waals surface area contributed by atoms with Crippen LogP contribution in [0.15, 0.2) is 18.2 Å². The smallest absolute Gasteiger partial charge is 0.320 e. The van der Waals surface area contributed by atoms with Crippen molar-refractivity contribution in [2.24, 2.45) is 5.73 Å². The standard InChI is InChI=1S/C10H9N3O4/c11-5-6-1-2-7(4-8(12)10(14)15)9(3-6)13(16)17/h1-3,8H,4,12H2,(H,14,15). The summed E-state index contributed by atoms with van der Waals surface area (Å²) in [6.45, 7) is 0. The first-order chi connectivity index (χ1) is 7.95. The van der Waals surface area contributed by atoms with Crippen molar-refractivity contribution in [3.63, 3.8) is 0 Å². The number of carbonyl (C=O) groups is 1. The van der Waals surface area contributed by atoms with Gasteiger partial charge in [-0.05, 0) is 6.07 Å². The van der Waals surface area contributed by atoms with E-state index in [1.54, 1.807) is 6.07 Å². The molecule has 0 fully saturated rings. The zero-order valence-corrected chi connectivity index (χ0v) is 8.66. The van der Waals surface area contributed by atoms with Gasteiger partial charge in [0.2, 0.25) is 0 Å². The summed E-state index contributed by atoms with van der Waals surface area (Å²) in [4.78, 5) is 20.6. The molecule has 0 saturated carbocycles. The average Bonchev–Trinajstić information content (AvgIpc) is 2.29. The highest BCUT2D eigenvalue weighted by Gasteiger charge is 2.20. The van der Waals surface area contributed by atoms with Gasteiger partial charge in [0, 0.05) is 18.1 Å². The van der Waals surface area contributed by atoms with E-state index in [1.807, 2.05) is 0 Å². The van der Waals surface area contributed by atoms with Crippen LogP contribution in [0.5, 0.6) is 0 Å². The molecule has 0 spiro atoms. The summed E-state index contributed by atoms with van der Waals surface area (Å²) < 4.78 is 0. The zero-order valence-electron chi connectivity index (χ0n) is 8.66. The molecule has 0 amide bonds. The minimum absolute atomic E-state index is 0.143. The Hall–Kier alpha value is -2.46. The van der Waals surface area contributed by atoms with Crippen molar-refractivity contribution in [3.8, 4) is 6.07 Å². The summed E-state index contributed by atoms with van der Waals surface area (Å²) in [5, 5.41) is 28.0. The molecular formula is C10H9N3O4. The molecule has 0 saturated heterocycles. The molecule has 1 aromatic rings. The second-order valence-corrected chi connectivity index (χ2v) is 3.36. The minimum Gasteiger partial charge on any atom is -0.480 e. The molecule has 1 rings (SSSR count). The van der Waals surface area contributed by atoms with E-state index < -0.39 is 16.9 Å². The van der Waals surface area contributed by atoms with Crippen LogP contribution >= 0.6 is 0 Å². The molecule has 0 aromatic heterocycles. The fourth-order valence-corrected chi connectivity index (χ4v) is 1.30. The number of nitro benzene ring substituents is 1. The lowest BCUT2D eigenvalue weighted by Crippen LogP contribution is -2.32. The van der Waals surface area contributed by atoms with E-state index in [2.05, 4.69) is 0 Å². The van der Waals surface area contributed by atoms with Gasteiger partial charge in [-0.3, -0.25) is 14.9 Å². The lowest BCUT2D eigenvalue weighted by Gasteiger charge is -2.06. The first-order valence-electron chi connectivity index (χ1n) is 4.61. The van der Waals surface area contributed by atoms with Gasteiger partial charge in [-0.15, -0.1) is 0 Å². The Labute approximate surface area is 96.2 Å². The Morgan fingerprint density at radius 2 is 2.29 bits per heavy atom. The quantitative estimate of drug-likeness (QED) is 0.574. The number of nitrogens with two attached hydrogens (primary N) is 1. The van der Waals surface area contributed by atoms with Gasteiger partial charge >= 0.3 is 5.97 Å². The highest BCUT2D eigenvalue weighted by molar-refractivity contribution is 5.73. The van der Waals surface area contributed by atoms with Crippen molar-refractivity contribution in [1.29, 1.82) is 5.26 Å². The minimum atomic E-state index is -1.23. The molecule has 0 aliphatic heterocycles. The first kappa shape index (κ1) is 12.6. The number of hydrogen-bond acceptors (Lipinski definition) is 5. The highest BCUT2D eigenvalue weighted by Crippen LogP contribution is 2.21. The molecule has 1 atom stereocenters. The van der Waals surface area contributed by atoms with Crippen LogP contribution in [0, 0.1) is 21.4 Å². The lowest BCUT2D eigenvalue weighted by molar-refractivity contribution is -0.385. The third-order valence-corrected chi connectivity index (χ3v) is 2.17. The summed E-state index contributed by atoms with van der Waals surface area (Å²) in [5.74, 6) is -1.23. The van der Waals surface area contributed by atoms with Gasteiger partial charge in [0.05, 0.1) is 16.6 Å². The van der Waals surface area contributed by atoms with Crippen molar-refractivity contribution in [1.82, 2.24) is 0 Å². The number of benzene rings is 1. The Kier molecular flexibility index (Phi) is 3.74. The summed E-state index contributed by atoms with van der Waals surface area (Å²) in [6.07, 6.45) is -0.155. The summed E-state index contributed by atoms with van der Waals surface area (Å²) in [6, 6.07) is 4.40. The molecule has 0 bridgehead atoms. The number of carboxylic acids is 1. The number of carboxylic acid groups (broad SMARTS) is 1. The van der Waals surface area contributed by atoms with Crippen LogP contribution in [0.1, 0.15) is 11.1 Å². The SMILES string of the molecule is N#Cc1ccc(CC(N)C(=O)O)c([N+](=O)[O-])c1. The number of aliphatic carboxylic acids is 1. The Bertz CT molecular complexity index is 507. The number of nitrogens with zero attached hydrogens (tertiary/aromatic N) is 2. The Balaban J connectivity index is 3.12. The van der Waals surface area contributed by atoms with Crippen LogP contribution in [0.2, 0.25) is 0 Å². The van der Waals surface area contributed by atoms with E-state index in [-0.39, 0.29) is 23.2 Å².